The van der Waals surface area contributed by atoms with Crippen LogP contribution in [0.2, 0.25) is 0 Å². The zero-order valence-corrected chi connectivity index (χ0v) is 8.13. The number of rotatable bonds is 1. The summed E-state index contributed by atoms with van der Waals surface area (Å²) in [6, 6.07) is 6.82. The molecular weight excluding hydrogens is 162 g/mol. The van der Waals surface area contributed by atoms with Gasteiger partial charge in [0.1, 0.15) is 5.75 Å². The Bertz CT molecular complexity index is 309. The smallest absolute Gasteiger partial charge is 0.119 e. The number of ether oxygens (including phenoxy) is 1. The predicted octanol–water partition coefficient (Wildman–Crippen LogP) is 2.44. The lowest BCUT2D eigenvalue weighted by molar-refractivity contribution is 0.414. The molecule has 0 aromatic heterocycles. The summed E-state index contributed by atoms with van der Waals surface area (Å²) in [4.78, 5) is 0. The van der Waals surface area contributed by atoms with Crippen molar-refractivity contribution in [2.75, 3.05) is 12.4 Å². The van der Waals surface area contributed by atoms with E-state index in [1.54, 1.807) is 7.11 Å². The molecule has 13 heavy (non-hydrogen) atoms. The molecule has 2 nitrogen and oxygen atoms in total. The van der Waals surface area contributed by atoms with Gasteiger partial charge in [0.25, 0.3) is 0 Å². The van der Waals surface area contributed by atoms with Crippen LogP contribution in [0.4, 0.5) is 5.69 Å². The summed E-state index contributed by atoms with van der Waals surface area (Å²) in [7, 11) is 1.71. The number of nitrogens with one attached hydrogen (secondary N) is 1. The molecule has 1 heterocycles. The van der Waals surface area contributed by atoms with Crippen LogP contribution in [-0.4, -0.2) is 13.2 Å². The van der Waals surface area contributed by atoms with Crippen molar-refractivity contribution >= 4 is 5.69 Å². The predicted molar refractivity (Wildman–Crippen MR) is 54.4 cm³/mol. The van der Waals surface area contributed by atoms with Crippen LogP contribution in [0.25, 0.3) is 0 Å². The van der Waals surface area contributed by atoms with Crippen molar-refractivity contribution in [3.05, 3.63) is 23.8 Å². The maximum absolute atomic E-state index is 5.18. The molecule has 0 spiro atoms. The van der Waals surface area contributed by atoms with E-state index >= 15 is 0 Å². The summed E-state index contributed by atoms with van der Waals surface area (Å²) in [6.07, 6.45) is 2.36. The van der Waals surface area contributed by atoms with Crippen LogP contribution < -0.4 is 10.1 Å². The molecule has 0 unspecified atom stereocenters. The van der Waals surface area contributed by atoms with Gasteiger partial charge >= 0.3 is 0 Å². The van der Waals surface area contributed by atoms with Crippen LogP contribution in [0.1, 0.15) is 18.9 Å². The van der Waals surface area contributed by atoms with Crippen molar-refractivity contribution in [1.82, 2.24) is 0 Å². The average molecular weight is 177 g/mol. The highest BCUT2D eigenvalue weighted by Gasteiger charge is 2.13. The molecule has 1 atom stereocenters. The highest BCUT2D eigenvalue weighted by molar-refractivity contribution is 5.56. The number of hydrogen-bond donors (Lipinski definition) is 1. The molecule has 0 amide bonds. The fourth-order valence-corrected chi connectivity index (χ4v) is 1.75. The van der Waals surface area contributed by atoms with Crippen molar-refractivity contribution in [2.45, 2.75) is 25.8 Å². The summed E-state index contributed by atoms with van der Waals surface area (Å²) in [5.41, 5.74) is 2.64. The number of benzene rings is 1. The Morgan fingerprint density at radius 2 is 2.31 bits per heavy atom. The standard InChI is InChI=1S/C11H15NO/c1-8-3-4-9-7-10(13-2)5-6-11(9)12-8/h5-8,12H,3-4H2,1-2H3/t8-/m0/s1. The van der Waals surface area contributed by atoms with Gasteiger partial charge in [-0.3, -0.25) is 0 Å². The van der Waals surface area contributed by atoms with Crippen LogP contribution in [0, 0.1) is 0 Å². The summed E-state index contributed by atoms with van der Waals surface area (Å²) in [5, 5.41) is 3.46. The molecule has 2 rings (SSSR count). The van der Waals surface area contributed by atoms with Crippen LogP contribution >= 0.6 is 0 Å². The minimum Gasteiger partial charge on any atom is -0.497 e. The summed E-state index contributed by atoms with van der Waals surface area (Å²) in [5.74, 6) is 0.954. The van der Waals surface area contributed by atoms with Crippen molar-refractivity contribution in [3.63, 3.8) is 0 Å². The molecule has 0 saturated heterocycles. The molecule has 1 aliphatic rings. The molecule has 0 saturated carbocycles. The van der Waals surface area contributed by atoms with E-state index in [-0.39, 0.29) is 0 Å². The molecule has 0 radical (unpaired) electrons. The van der Waals surface area contributed by atoms with E-state index in [0.717, 1.165) is 12.2 Å². The largest absolute Gasteiger partial charge is 0.497 e. The zero-order chi connectivity index (χ0) is 9.26. The maximum atomic E-state index is 5.18. The Balaban J connectivity index is 2.31. The number of aryl methyl sites for hydroxylation is 1. The van der Waals surface area contributed by atoms with Gasteiger partial charge in [0.15, 0.2) is 0 Å². The Labute approximate surface area is 78.9 Å². The molecule has 1 N–H and O–H groups in total. The van der Waals surface area contributed by atoms with Gasteiger partial charge in [-0.15, -0.1) is 0 Å². The molecule has 1 aliphatic heterocycles. The van der Waals surface area contributed by atoms with Crippen LogP contribution in [0.5, 0.6) is 5.75 Å². The van der Waals surface area contributed by atoms with Crippen molar-refractivity contribution in [1.29, 1.82) is 0 Å². The van der Waals surface area contributed by atoms with Gasteiger partial charge in [-0.2, -0.15) is 0 Å². The average Bonchev–Trinajstić information content (AvgIpc) is 2.17. The minimum atomic E-state index is 0.598. The van der Waals surface area contributed by atoms with Gasteiger partial charge in [-0.25, -0.2) is 0 Å². The molecule has 2 heteroatoms. The fraction of sp³-hybridized carbons (Fsp3) is 0.455. The monoisotopic (exact) mass is 177 g/mol. The number of methoxy groups -OCH3 is 1. The molecular formula is C11H15NO. The quantitative estimate of drug-likeness (QED) is 0.711. The Morgan fingerprint density at radius 1 is 1.46 bits per heavy atom. The van der Waals surface area contributed by atoms with Crippen LogP contribution in [-0.2, 0) is 6.42 Å². The van der Waals surface area contributed by atoms with Crippen molar-refractivity contribution < 1.29 is 4.74 Å². The lowest BCUT2D eigenvalue weighted by Crippen LogP contribution is -2.21. The number of anilines is 1. The maximum Gasteiger partial charge on any atom is 0.119 e. The van der Waals surface area contributed by atoms with E-state index in [1.807, 2.05) is 6.07 Å². The second-order valence-corrected chi connectivity index (χ2v) is 3.61. The Hall–Kier alpha value is -1.18. The van der Waals surface area contributed by atoms with Gasteiger partial charge in [0.2, 0.25) is 0 Å². The van der Waals surface area contributed by atoms with Crippen LogP contribution in [0.15, 0.2) is 18.2 Å². The SMILES string of the molecule is COc1ccc2c(c1)CC[C@H](C)N2. The van der Waals surface area contributed by atoms with Gasteiger partial charge in [0, 0.05) is 11.7 Å². The highest BCUT2D eigenvalue weighted by Crippen LogP contribution is 2.28. The van der Waals surface area contributed by atoms with Gasteiger partial charge in [-0.1, -0.05) is 0 Å². The molecule has 0 bridgehead atoms. The zero-order valence-electron chi connectivity index (χ0n) is 8.13. The van der Waals surface area contributed by atoms with Crippen LogP contribution in [0.3, 0.4) is 0 Å². The van der Waals surface area contributed by atoms with Gasteiger partial charge < -0.3 is 10.1 Å². The first-order valence-electron chi connectivity index (χ1n) is 4.73. The Kier molecular flexibility index (Phi) is 2.13. The normalized spacial score (nSPS) is 20.3. The molecule has 70 valence electrons. The number of hydrogen-bond acceptors (Lipinski definition) is 2. The lowest BCUT2D eigenvalue weighted by Gasteiger charge is -2.24. The van der Waals surface area contributed by atoms with Crippen molar-refractivity contribution in [2.24, 2.45) is 0 Å². The second-order valence-electron chi connectivity index (χ2n) is 3.61. The van der Waals surface area contributed by atoms with E-state index in [4.69, 9.17) is 4.74 Å². The summed E-state index contributed by atoms with van der Waals surface area (Å²) in [6.45, 7) is 2.22. The minimum absolute atomic E-state index is 0.598. The second kappa shape index (κ2) is 3.29. The van der Waals surface area contributed by atoms with E-state index in [1.165, 1.54) is 17.7 Å². The molecule has 1 aromatic carbocycles. The van der Waals surface area contributed by atoms with Gasteiger partial charge in [-0.05, 0) is 43.5 Å². The topological polar surface area (TPSA) is 21.3 Å². The van der Waals surface area contributed by atoms with Gasteiger partial charge in [0.05, 0.1) is 7.11 Å². The molecule has 0 aliphatic carbocycles. The highest BCUT2D eigenvalue weighted by atomic mass is 16.5. The first-order chi connectivity index (χ1) is 6.29. The first kappa shape index (κ1) is 8.42. The molecule has 1 aromatic rings. The van der Waals surface area contributed by atoms with E-state index < -0.39 is 0 Å². The lowest BCUT2D eigenvalue weighted by atomic mass is 9.99. The van der Waals surface area contributed by atoms with E-state index in [0.29, 0.717) is 6.04 Å². The summed E-state index contributed by atoms with van der Waals surface area (Å²) >= 11 is 0. The van der Waals surface area contributed by atoms with Crippen molar-refractivity contribution in [3.8, 4) is 5.75 Å². The third-order valence-electron chi connectivity index (χ3n) is 2.56. The fourth-order valence-electron chi connectivity index (χ4n) is 1.75. The third-order valence-corrected chi connectivity index (χ3v) is 2.56. The molecule has 0 fully saturated rings. The third kappa shape index (κ3) is 1.62. The summed E-state index contributed by atoms with van der Waals surface area (Å²) < 4.78 is 5.18. The first-order valence-corrected chi connectivity index (χ1v) is 4.73. The van der Waals surface area contributed by atoms with E-state index in [9.17, 15) is 0 Å². The Morgan fingerprint density at radius 3 is 3.08 bits per heavy atom. The number of fused-ring (bicyclic) bond motifs is 1. The van der Waals surface area contributed by atoms with E-state index in [2.05, 4.69) is 24.4 Å².